The number of rotatable bonds is 6. The van der Waals surface area contributed by atoms with Crippen LogP contribution in [0.2, 0.25) is 10.0 Å². The van der Waals surface area contributed by atoms with Crippen LogP contribution in [-0.4, -0.2) is 35.5 Å². The number of carbonyl (C=O) groups is 1. The topological polar surface area (TPSA) is 94.9 Å². The van der Waals surface area contributed by atoms with E-state index in [2.05, 4.69) is 0 Å². The van der Waals surface area contributed by atoms with Gasteiger partial charge in [0.15, 0.2) is 5.75 Å². The maximum absolute atomic E-state index is 12.8. The summed E-state index contributed by atoms with van der Waals surface area (Å²) < 4.78 is 26.3. The summed E-state index contributed by atoms with van der Waals surface area (Å²) in [4.78, 5) is 10.5. The number of nitrogens with zero attached hydrogens (tertiary/aromatic N) is 1. The van der Waals surface area contributed by atoms with Crippen molar-refractivity contribution in [2.45, 2.75) is 11.4 Å². The van der Waals surface area contributed by atoms with Crippen LogP contribution < -0.4 is 0 Å². The number of aromatic hydroxyl groups is 1. The molecule has 0 saturated heterocycles. The fourth-order valence-corrected chi connectivity index (χ4v) is 4.16. The number of benzene rings is 2. The number of hydrogen-bond acceptors (Lipinski definition) is 4. The molecule has 24 heavy (non-hydrogen) atoms. The minimum atomic E-state index is -4.34. The Kier molecular flexibility index (Phi) is 5.71. The summed E-state index contributed by atoms with van der Waals surface area (Å²) in [5, 5.41) is 18.8. The van der Waals surface area contributed by atoms with Gasteiger partial charge in [0.1, 0.15) is 11.4 Å². The monoisotopic (exact) mass is 389 g/mol. The molecule has 0 radical (unpaired) electrons. The molecule has 6 nitrogen and oxygen atoms in total. The van der Waals surface area contributed by atoms with Crippen LogP contribution in [0, 0.1) is 0 Å². The van der Waals surface area contributed by atoms with E-state index in [9.17, 15) is 18.3 Å². The molecular formula is C15H13Cl2NO5S. The molecule has 0 aliphatic heterocycles. The van der Waals surface area contributed by atoms with Crippen molar-refractivity contribution in [3.63, 3.8) is 0 Å². The van der Waals surface area contributed by atoms with Crippen molar-refractivity contribution in [1.82, 2.24) is 4.31 Å². The van der Waals surface area contributed by atoms with Crippen molar-refractivity contribution in [2.24, 2.45) is 0 Å². The molecule has 2 rings (SSSR count). The highest BCUT2D eigenvalue weighted by Gasteiger charge is 2.30. The van der Waals surface area contributed by atoms with Crippen LogP contribution >= 0.6 is 23.2 Å². The van der Waals surface area contributed by atoms with Gasteiger partial charge in [-0.2, -0.15) is 4.31 Å². The summed E-state index contributed by atoms with van der Waals surface area (Å²) >= 11 is 11.6. The third-order valence-corrected chi connectivity index (χ3v) is 5.44. The van der Waals surface area contributed by atoms with Crippen LogP contribution in [0.15, 0.2) is 47.4 Å². The van der Waals surface area contributed by atoms with E-state index >= 15 is 0 Å². The molecule has 2 aromatic rings. The first-order valence-corrected chi connectivity index (χ1v) is 8.85. The number of sulfonamides is 1. The van der Waals surface area contributed by atoms with Crippen LogP contribution in [0.3, 0.4) is 0 Å². The SMILES string of the molecule is O=C(O)CN(Cc1ccccc1)S(=O)(=O)c1cc(Cl)cc(Cl)c1O. The number of carboxylic acids is 1. The van der Waals surface area contributed by atoms with Gasteiger partial charge in [0.05, 0.1) is 5.02 Å². The Hall–Kier alpha value is -1.80. The minimum Gasteiger partial charge on any atom is -0.505 e. The quantitative estimate of drug-likeness (QED) is 0.791. The molecule has 2 aromatic carbocycles. The molecule has 0 aliphatic rings. The highest BCUT2D eigenvalue weighted by atomic mass is 35.5. The Morgan fingerprint density at radius 3 is 2.33 bits per heavy atom. The first kappa shape index (κ1) is 18.5. The lowest BCUT2D eigenvalue weighted by Gasteiger charge is -2.21. The van der Waals surface area contributed by atoms with E-state index in [1.807, 2.05) is 0 Å². The van der Waals surface area contributed by atoms with Gasteiger partial charge in [-0.05, 0) is 17.7 Å². The van der Waals surface area contributed by atoms with Crippen molar-refractivity contribution in [1.29, 1.82) is 0 Å². The Bertz CT molecular complexity index is 856. The highest BCUT2D eigenvalue weighted by molar-refractivity contribution is 7.89. The molecule has 0 aromatic heterocycles. The molecular weight excluding hydrogens is 377 g/mol. The Labute approximate surface area is 148 Å². The predicted octanol–water partition coefficient (Wildman–Crippen LogP) is 2.97. The van der Waals surface area contributed by atoms with Gasteiger partial charge in [-0.15, -0.1) is 0 Å². The molecule has 0 aliphatic carbocycles. The molecule has 128 valence electrons. The average Bonchev–Trinajstić information content (AvgIpc) is 2.50. The lowest BCUT2D eigenvalue weighted by molar-refractivity contribution is -0.137. The maximum Gasteiger partial charge on any atom is 0.318 e. The van der Waals surface area contributed by atoms with Crippen LogP contribution in [0.1, 0.15) is 5.56 Å². The lowest BCUT2D eigenvalue weighted by Crippen LogP contribution is -2.35. The average molecular weight is 390 g/mol. The maximum atomic E-state index is 12.8. The molecule has 0 bridgehead atoms. The first-order valence-electron chi connectivity index (χ1n) is 6.65. The summed E-state index contributed by atoms with van der Waals surface area (Å²) in [7, 11) is -4.34. The molecule has 9 heteroatoms. The van der Waals surface area contributed by atoms with E-state index in [1.165, 1.54) is 6.07 Å². The zero-order chi connectivity index (χ0) is 17.9. The number of phenolic OH excluding ortho intramolecular Hbond substituents is 1. The van der Waals surface area contributed by atoms with E-state index in [-0.39, 0.29) is 16.6 Å². The van der Waals surface area contributed by atoms with Crippen molar-refractivity contribution in [2.75, 3.05) is 6.54 Å². The molecule has 0 amide bonds. The molecule has 0 saturated carbocycles. The Morgan fingerprint density at radius 1 is 1.12 bits per heavy atom. The number of phenols is 1. The molecule has 0 atom stereocenters. The largest absolute Gasteiger partial charge is 0.505 e. The smallest absolute Gasteiger partial charge is 0.318 e. The second kappa shape index (κ2) is 7.40. The first-order chi connectivity index (χ1) is 11.2. The molecule has 2 N–H and O–H groups in total. The minimum absolute atomic E-state index is 0.00589. The zero-order valence-corrected chi connectivity index (χ0v) is 14.5. The second-order valence-electron chi connectivity index (χ2n) is 4.89. The van der Waals surface area contributed by atoms with Crippen LogP contribution in [0.4, 0.5) is 0 Å². The summed E-state index contributed by atoms with van der Waals surface area (Å²) in [6.45, 7) is -0.958. The molecule has 0 heterocycles. The van der Waals surface area contributed by atoms with Gasteiger partial charge in [-0.25, -0.2) is 8.42 Å². The normalized spacial score (nSPS) is 11.6. The fraction of sp³-hybridized carbons (Fsp3) is 0.133. The van der Waals surface area contributed by atoms with Crippen LogP contribution in [-0.2, 0) is 21.4 Å². The molecule has 0 spiro atoms. The van der Waals surface area contributed by atoms with Gasteiger partial charge < -0.3 is 10.2 Å². The lowest BCUT2D eigenvalue weighted by atomic mass is 10.2. The zero-order valence-electron chi connectivity index (χ0n) is 12.2. The third kappa shape index (κ3) is 4.18. The number of hydrogen-bond donors (Lipinski definition) is 2. The summed E-state index contributed by atoms with van der Waals surface area (Å²) in [5.41, 5.74) is 0.593. The predicted molar refractivity (Wildman–Crippen MR) is 89.8 cm³/mol. The van der Waals surface area contributed by atoms with E-state index in [0.717, 1.165) is 10.4 Å². The third-order valence-electron chi connectivity index (χ3n) is 3.12. The second-order valence-corrected chi connectivity index (χ2v) is 7.64. The van der Waals surface area contributed by atoms with Crippen molar-refractivity contribution < 1.29 is 23.4 Å². The summed E-state index contributed by atoms with van der Waals surface area (Å²) in [5.74, 6) is -2.01. The Balaban J connectivity index is 2.50. The van der Waals surface area contributed by atoms with Crippen LogP contribution in [0.25, 0.3) is 0 Å². The highest BCUT2D eigenvalue weighted by Crippen LogP contribution is 2.36. The van der Waals surface area contributed by atoms with E-state index in [0.29, 0.717) is 5.56 Å². The standard InChI is InChI=1S/C15H13Cl2NO5S/c16-11-6-12(17)15(21)13(7-11)24(22,23)18(9-14(19)20)8-10-4-2-1-3-5-10/h1-7,21H,8-9H2,(H,19,20). The summed E-state index contributed by atoms with van der Waals surface area (Å²) in [6.07, 6.45) is 0. The summed E-state index contributed by atoms with van der Waals surface area (Å²) in [6, 6.07) is 10.7. The number of aliphatic carboxylic acids is 1. The van der Waals surface area contributed by atoms with Gasteiger partial charge in [-0.1, -0.05) is 53.5 Å². The van der Waals surface area contributed by atoms with Crippen molar-refractivity contribution in [3.8, 4) is 5.75 Å². The number of carboxylic acid groups (broad SMARTS) is 1. The van der Waals surface area contributed by atoms with Gasteiger partial charge in [0.2, 0.25) is 10.0 Å². The van der Waals surface area contributed by atoms with Crippen molar-refractivity contribution in [3.05, 3.63) is 58.1 Å². The van der Waals surface area contributed by atoms with Crippen molar-refractivity contribution >= 4 is 39.2 Å². The van der Waals surface area contributed by atoms with Crippen LogP contribution in [0.5, 0.6) is 5.75 Å². The van der Waals surface area contributed by atoms with Gasteiger partial charge in [0, 0.05) is 11.6 Å². The number of halogens is 2. The van der Waals surface area contributed by atoms with Gasteiger partial charge in [0.25, 0.3) is 0 Å². The fourth-order valence-electron chi connectivity index (χ4n) is 2.04. The van der Waals surface area contributed by atoms with E-state index in [4.69, 9.17) is 28.3 Å². The van der Waals surface area contributed by atoms with E-state index in [1.54, 1.807) is 30.3 Å². The molecule has 0 unspecified atom stereocenters. The van der Waals surface area contributed by atoms with E-state index < -0.39 is 33.2 Å². The Morgan fingerprint density at radius 2 is 1.75 bits per heavy atom. The molecule has 0 fully saturated rings. The van der Waals surface area contributed by atoms with Gasteiger partial charge in [-0.3, -0.25) is 4.79 Å². The van der Waals surface area contributed by atoms with Gasteiger partial charge >= 0.3 is 5.97 Å².